The molecular formula is C29H27F2NO4. The number of hydrogen-bond donors (Lipinski definition) is 1. The van der Waals surface area contributed by atoms with Crippen LogP contribution in [0.4, 0.5) is 14.5 Å². The van der Waals surface area contributed by atoms with Crippen molar-refractivity contribution in [2.24, 2.45) is 0 Å². The Labute approximate surface area is 208 Å². The molecule has 0 radical (unpaired) electrons. The molecule has 186 valence electrons. The Hall–Kier alpha value is -4.00. The number of hydrogen-bond acceptors (Lipinski definition) is 4. The number of ketones is 1. The number of benzene rings is 3. The smallest absolute Gasteiger partial charge is 0.300 e. The Morgan fingerprint density at radius 1 is 1.00 bits per heavy atom. The number of aryl methyl sites for hydroxylation is 1. The van der Waals surface area contributed by atoms with Crippen molar-refractivity contribution in [2.45, 2.75) is 39.2 Å². The molecule has 1 unspecified atom stereocenters. The molecule has 36 heavy (non-hydrogen) atoms. The molecule has 1 saturated heterocycles. The van der Waals surface area contributed by atoms with Crippen LogP contribution in [-0.2, 0) is 9.59 Å². The minimum Gasteiger partial charge on any atom is -0.507 e. The molecule has 1 fully saturated rings. The third kappa shape index (κ3) is 5.00. The number of aliphatic hydroxyl groups is 1. The standard InChI is InChI=1S/C29H27F2NO4/c1-3-4-5-15-36-22-12-9-19(10-13-22)27(33)25-26(20-8-6-7-18(2)16-20)32(29(35)28(25)34)24-14-11-21(30)17-23(24)31/h6-14,16-17,26,33H,3-5,15H2,1-2H3/b27-25+. The maximum Gasteiger partial charge on any atom is 0.300 e. The minimum absolute atomic E-state index is 0.175. The summed E-state index contributed by atoms with van der Waals surface area (Å²) < 4.78 is 34.1. The van der Waals surface area contributed by atoms with Gasteiger partial charge in [0.25, 0.3) is 11.7 Å². The summed E-state index contributed by atoms with van der Waals surface area (Å²) in [7, 11) is 0. The topological polar surface area (TPSA) is 66.8 Å². The van der Waals surface area contributed by atoms with E-state index in [0.29, 0.717) is 29.5 Å². The molecule has 1 N–H and O–H groups in total. The first-order valence-electron chi connectivity index (χ1n) is 11.9. The van der Waals surface area contributed by atoms with E-state index in [-0.39, 0.29) is 17.0 Å². The van der Waals surface area contributed by atoms with Crippen molar-refractivity contribution in [3.05, 3.63) is 101 Å². The number of carbonyl (C=O) groups is 2. The zero-order valence-corrected chi connectivity index (χ0v) is 20.1. The average Bonchev–Trinajstić information content (AvgIpc) is 3.12. The first kappa shape index (κ1) is 25.1. The second-order valence-electron chi connectivity index (χ2n) is 8.76. The molecule has 4 rings (SSSR count). The molecule has 1 atom stereocenters. The van der Waals surface area contributed by atoms with Crippen LogP contribution in [0.1, 0.15) is 48.9 Å². The molecule has 3 aromatic rings. The number of anilines is 1. The summed E-state index contributed by atoms with van der Waals surface area (Å²) in [5, 5.41) is 11.2. The third-order valence-corrected chi connectivity index (χ3v) is 6.12. The molecule has 1 heterocycles. The van der Waals surface area contributed by atoms with E-state index in [1.165, 1.54) is 0 Å². The minimum atomic E-state index is -1.10. The lowest BCUT2D eigenvalue weighted by molar-refractivity contribution is -0.132. The maximum absolute atomic E-state index is 14.8. The van der Waals surface area contributed by atoms with E-state index in [9.17, 15) is 23.5 Å². The highest BCUT2D eigenvalue weighted by Crippen LogP contribution is 2.43. The second-order valence-corrected chi connectivity index (χ2v) is 8.76. The summed E-state index contributed by atoms with van der Waals surface area (Å²) >= 11 is 0. The van der Waals surface area contributed by atoms with Gasteiger partial charge in [0.15, 0.2) is 0 Å². The van der Waals surface area contributed by atoms with E-state index in [1.54, 1.807) is 42.5 Å². The van der Waals surface area contributed by atoms with Gasteiger partial charge in [-0.2, -0.15) is 0 Å². The van der Waals surface area contributed by atoms with E-state index in [4.69, 9.17) is 4.74 Å². The van der Waals surface area contributed by atoms with Crippen LogP contribution in [0.15, 0.2) is 72.3 Å². The zero-order chi connectivity index (χ0) is 25.8. The van der Waals surface area contributed by atoms with Crippen molar-refractivity contribution in [1.82, 2.24) is 0 Å². The fourth-order valence-corrected chi connectivity index (χ4v) is 4.32. The molecule has 0 saturated carbocycles. The number of carbonyl (C=O) groups excluding carboxylic acids is 2. The van der Waals surface area contributed by atoms with Crippen LogP contribution in [0.25, 0.3) is 5.76 Å². The van der Waals surface area contributed by atoms with Crippen molar-refractivity contribution in [3.8, 4) is 5.75 Å². The fourth-order valence-electron chi connectivity index (χ4n) is 4.32. The zero-order valence-electron chi connectivity index (χ0n) is 20.1. The molecule has 5 nitrogen and oxygen atoms in total. The van der Waals surface area contributed by atoms with Gasteiger partial charge >= 0.3 is 0 Å². The summed E-state index contributed by atoms with van der Waals surface area (Å²) in [6.45, 7) is 4.52. The van der Waals surface area contributed by atoms with Crippen LogP contribution < -0.4 is 9.64 Å². The molecule has 1 aliphatic heterocycles. The molecule has 1 amide bonds. The number of unbranched alkanes of at least 4 members (excludes halogenated alkanes) is 2. The van der Waals surface area contributed by atoms with Crippen LogP contribution in [0.2, 0.25) is 0 Å². The molecule has 0 aromatic heterocycles. The van der Waals surface area contributed by atoms with E-state index in [1.807, 2.05) is 13.0 Å². The first-order chi connectivity index (χ1) is 17.3. The average molecular weight is 492 g/mol. The molecule has 0 spiro atoms. The Morgan fingerprint density at radius 3 is 2.42 bits per heavy atom. The number of rotatable bonds is 8. The fraction of sp³-hybridized carbons (Fsp3) is 0.241. The maximum atomic E-state index is 14.8. The lowest BCUT2D eigenvalue weighted by Crippen LogP contribution is -2.30. The van der Waals surface area contributed by atoms with Crippen LogP contribution in [0.5, 0.6) is 5.75 Å². The third-order valence-electron chi connectivity index (χ3n) is 6.12. The lowest BCUT2D eigenvalue weighted by atomic mass is 9.94. The summed E-state index contributed by atoms with van der Waals surface area (Å²) in [5.74, 6) is -3.53. The van der Waals surface area contributed by atoms with Gasteiger partial charge in [0.2, 0.25) is 0 Å². The number of halogens is 2. The monoisotopic (exact) mass is 491 g/mol. The van der Waals surface area contributed by atoms with Crippen molar-refractivity contribution in [2.75, 3.05) is 11.5 Å². The molecule has 3 aromatic carbocycles. The number of aliphatic hydroxyl groups excluding tert-OH is 1. The van der Waals surface area contributed by atoms with Crippen molar-refractivity contribution >= 4 is 23.1 Å². The molecule has 0 bridgehead atoms. The Bertz CT molecular complexity index is 1320. The number of amides is 1. The molecule has 7 heteroatoms. The van der Waals surface area contributed by atoms with Gasteiger partial charge in [-0.3, -0.25) is 14.5 Å². The largest absolute Gasteiger partial charge is 0.507 e. The highest BCUT2D eigenvalue weighted by molar-refractivity contribution is 6.51. The molecule has 1 aliphatic rings. The summed E-state index contributed by atoms with van der Waals surface area (Å²) in [6.07, 6.45) is 3.07. The molecular weight excluding hydrogens is 464 g/mol. The van der Waals surface area contributed by atoms with Gasteiger partial charge in [-0.25, -0.2) is 8.78 Å². The lowest BCUT2D eigenvalue weighted by Gasteiger charge is -2.26. The van der Waals surface area contributed by atoms with E-state index in [0.717, 1.165) is 41.9 Å². The van der Waals surface area contributed by atoms with E-state index in [2.05, 4.69) is 6.92 Å². The molecule has 0 aliphatic carbocycles. The summed E-state index contributed by atoms with van der Waals surface area (Å²) in [4.78, 5) is 27.3. The van der Waals surface area contributed by atoms with Gasteiger partial charge in [-0.1, -0.05) is 49.6 Å². The van der Waals surface area contributed by atoms with Crippen LogP contribution >= 0.6 is 0 Å². The van der Waals surface area contributed by atoms with Gasteiger partial charge in [-0.15, -0.1) is 0 Å². The SMILES string of the molecule is CCCCCOc1ccc(/C(O)=C2\C(=O)C(=O)N(c3ccc(F)cc3F)C2c2cccc(C)c2)cc1. The van der Waals surface area contributed by atoms with E-state index < -0.39 is 29.4 Å². The van der Waals surface area contributed by atoms with Crippen molar-refractivity contribution in [1.29, 1.82) is 0 Å². The van der Waals surface area contributed by atoms with Crippen LogP contribution in [0.3, 0.4) is 0 Å². The van der Waals surface area contributed by atoms with E-state index >= 15 is 0 Å². The number of ether oxygens (including phenoxy) is 1. The second kappa shape index (κ2) is 10.7. The number of nitrogens with zero attached hydrogens (tertiary/aromatic N) is 1. The van der Waals surface area contributed by atoms with Gasteiger partial charge < -0.3 is 9.84 Å². The Balaban J connectivity index is 1.78. The highest BCUT2D eigenvalue weighted by Gasteiger charge is 2.47. The summed E-state index contributed by atoms with van der Waals surface area (Å²) in [5.41, 5.74) is 1.24. The van der Waals surface area contributed by atoms with Crippen LogP contribution in [-0.4, -0.2) is 23.4 Å². The van der Waals surface area contributed by atoms with Gasteiger partial charge in [-0.05, 0) is 55.3 Å². The van der Waals surface area contributed by atoms with Gasteiger partial charge in [0, 0.05) is 11.6 Å². The first-order valence-corrected chi connectivity index (χ1v) is 11.9. The number of Topliss-reactive ketones (excluding diaryl/α,β-unsaturated/α-hetero) is 1. The highest BCUT2D eigenvalue weighted by atomic mass is 19.1. The van der Waals surface area contributed by atoms with Gasteiger partial charge in [0.1, 0.15) is 23.1 Å². The summed E-state index contributed by atoms with van der Waals surface area (Å²) in [6, 6.07) is 15.3. The van der Waals surface area contributed by atoms with Gasteiger partial charge in [0.05, 0.1) is 23.9 Å². The predicted molar refractivity (Wildman–Crippen MR) is 134 cm³/mol. The quantitative estimate of drug-likeness (QED) is 0.170. The van der Waals surface area contributed by atoms with Crippen molar-refractivity contribution in [3.63, 3.8) is 0 Å². The normalized spacial score (nSPS) is 17.0. The Morgan fingerprint density at radius 2 is 1.75 bits per heavy atom. The predicted octanol–water partition coefficient (Wildman–Crippen LogP) is 6.47. The Kier molecular flexibility index (Phi) is 7.48. The van der Waals surface area contributed by atoms with Crippen molar-refractivity contribution < 1.29 is 28.2 Å². The van der Waals surface area contributed by atoms with Crippen LogP contribution in [0, 0.1) is 18.6 Å².